The first kappa shape index (κ1) is 7.38. The third-order valence-electron chi connectivity index (χ3n) is 1.81. The first-order valence-corrected chi connectivity index (χ1v) is 4.55. The Kier molecular flexibility index (Phi) is 2.82. The summed E-state index contributed by atoms with van der Waals surface area (Å²) in [6.07, 6.45) is 2.34. The molecule has 1 fully saturated rings. The Morgan fingerprint density at radius 3 is 2.11 bits per heavy atom. The largest absolute Gasteiger partial charge is 0.316 e. The van der Waals surface area contributed by atoms with E-state index in [2.05, 4.69) is 0 Å². The van der Waals surface area contributed by atoms with Crippen molar-refractivity contribution >= 4 is 11.8 Å². The number of nitrogens with two attached hydrogens (primary N) is 2. The topological polar surface area (TPSA) is 52.0 Å². The van der Waals surface area contributed by atoms with Crippen molar-refractivity contribution in [1.29, 1.82) is 0 Å². The molecule has 9 heavy (non-hydrogen) atoms. The molecule has 0 amide bonds. The summed E-state index contributed by atoms with van der Waals surface area (Å²) < 4.78 is 0. The van der Waals surface area contributed by atoms with Crippen LogP contribution < -0.4 is 11.5 Å². The van der Waals surface area contributed by atoms with Gasteiger partial charge in [0, 0.05) is 0 Å². The highest BCUT2D eigenvalue weighted by atomic mass is 32.2. The summed E-state index contributed by atoms with van der Waals surface area (Å²) >= 11 is 2.00. The lowest BCUT2D eigenvalue weighted by Gasteiger charge is -2.23. The number of rotatable bonds is 1. The van der Waals surface area contributed by atoms with Crippen LogP contribution in [0.5, 0.6) is 0 Å². The van der Waals surface area contributed by atoms with Crippen LogP contribution in [0.1, 0.15) is 12.8 Å². The Morgan fingerprint density at radius 2 is 1.78 bits per heavy atom. The van der Waals surface area contributed by atoms with E-state index >= 15 is 0 Å². The zero-order valence-electron chi connectivity index (χ0n) is 5.55. The lowest BCUT2D eigenvalue weighted by Crippen LogP contribution is -2.40. The predicted molar refractivity (Wildman–Crippen MR) is 42.2 cm³/mol. The van der Waals surface area contributed by atoms with E-state index < -0.39 is 0 Å². The lowest BCUT2D eigenvalue weighted by atomic mass is 10.0. The molecule has 0 saturated carbocycles. The predicted octanol–water partition coefficient (Wildman–Crippen LogP) is 0.373. The van der Waals surface area contributed by atoms with Crippen LogP contribution in [0.2, 0.25) is 0 Å². The molecule has 2 nitrogen and oxygen atoms in total. The van der Waals surface area contributed by atoms with Gasteiger partial charge in [-0.05, 0) is 30.3 Å². The molecule has 3 heteroatoms. The monoisotopic (exact) mass is 146 g/mol. The minimum Gasteiger partial charge on any atom is -0.316 e. The summed E-state index contributed by atoms with van der Waals surface area (Å²) in [6, 6.07) is 0. The van der Waals surface area contributed by atoms with Gasteiger partial charge in [0.25, 0.3) is 0 Å². The van der Waals surface area contributed by atoms with Crippen LogP contribution in [0.15, 0.2) is 0 Å². The minimum absolute atomic E-state index is 0.0779. The van der Waals surface area contributed by atoms with Gasteiger partial charge in [-0.2, -0.15) is 11.8 Å². The van der Waals surface area contributed by atoms with Crippen molar-refractivity contribution in [3.05, 3.63) is 0 Å². The van der Waals surface area contributed by atoms with Gasteiger partial charge in [-0.1, -0.05) is 0 Å². The molecule has 1 aliphatic heterocycles. The smallest absolute Gasteiger partial charge is 0.0550 e. The van der Waals surface area contributed by atoms with Gasteiger partial charge in [0.05, 0.1) is 6.17 Å². The molecule has 0 bridgehead atoms. The zero-order valence-corrected chi connectivity index (χ0v) is 6.36. The van der Waals surface area contributed by atoms with E-state index in [4.69, 9.17) is 11.5 Å². The SMILES string of the molecule is NC(N)C1CCSCC1. The first-order chi connectivity index (χ1) is 4.30. The Labute approximate surface area is 60.4 Å². The van der Waals surface area contributed by atoms with Crippen molar-refractivity contribution in [2.24, 2.45) is 17.4 Å². The van der Waals surface area contributed by atoms with Crippen LogP contribution in [0, 0.1) is 5.92 Å². The molecule has 4 N–H and O–H groups in total. The van der Waals surface area contributed by atoms with Crippen molar-refractivity contribution in [2.45, 2.75) is 19.0 Å². The van der Waals surface area contributed by atoms with Crippen molar-refractivity contribution in [1.82, 2.24) is 0 Å². The Morgan fingerprint density at radius 1 is 1.22 bits per heavy atom. The third-order valence-corrected chi connectivity index (χ3v) is 2.86. The maximum atomic E-state index is 5.54. The fraction of sp³-hybridized carbons (Fsp3) is 1.00. The molecule has 0 radical (unpaired) electrons. The maximum Gasteiger partial charge on any atom is 0.0550 e. The van der Waals surface area contributed by atoms with E-state index in [1.807, 2.05) is 11.8 Å². The Hall–Kier alpha value is 0.270. The van der Waals surface area contributed by atoms with E-state index in [0.717, 1.165) is 0 Å². The first-order valence-electron chi connectivity index (χ1n) is 3.39. The standard InChI is InChI=1S/C6H14N2S/c7-6(8)5-1-3-9-4-2-5/h5-6H,1-4,7-8H2. The molecule has 0 aromatic heterocycles. The normalized spacial score (nSPS) is 23.0. The van der Waals surface area contributed by atoms with E-state index in [9.17, 15) is 0 Å². The molecule has 54 valence electrons. The minimum atomic E-state index is -0.0779. The Balaban J connectivity index is 2.23. The van der Waals surface area contributed by atoms with Gasteiger partial charge in [-0.3, -0.25) is 0 Å². The molecule has 1 saturated heterocycles. The highest BCUT2D eigenvalue weighted by Crippen LogP contribution is 2.22. The van der Waals surface area contributed by atoms with Gasteiger partial charge in [0.15, 0.2) is 0 Å². The van der Waals surface area contributed by atoms with E-state index in [0.29, 0.717) is 5.92 Å². The molecular formula is C6H14N2S. The number of thioether (sulfide) groups is 1. The summed E-state index contributed by atoms with van der Waals surface area (Å²) in [6.45, 7) is 0. The van der Waals surface area contributed by atoms with E-state index in [1.54, 1.807) is 0 Å². The molecule has 0 spiro atoms. The van der Waals surface area contributed by atoms with Crippen molar-refractivity contribution < 1.29 is 0 Å². The highest BCUT2D eigenvalue weighted by Gasteiger charge is 2.16. The summed E-state index contributed by atoms with van der Waals surface area (Å²) in [5, 5.41) is 0. The molecule has 0 aromatic carbocycles. The second kappa shape index (κ2) is 3.44. The highest BCUT2D eigenvalue weighted by molar-refractivity contribution is 7.99. The van der Waals surface area contributed by atoms with Crippen LogP contribution in [-0.4, -0.2) is 17.7 Å². The molecule has 1 aliphatic rings. The summed E-state index contributed by atoms with van der Waals surface area (Å²) in [4.78, 5) is 0. The third kappa shape index (κ3) is 2.16. The van der Waals surface area contributed by atoms with Crippen molar-refractivity contribution in [2.75, 3.05) is 11.5 Å². The van der Waals surface area contributed by atoms with Gasteiger partial charge >= 0.3 is 0 Å². The molecule has 1 heterocycles. The van der Waals surface area contributed by atoms with Crippen LogP contribution in [0.3, 0.4) is 0 Å². The quantitative estimate of drug-likeness (QED) is 0.526. The van der Waals surface area contributed by atoms with Gasteiger partial charge in [-0.15, -0.1) is 0 Å². The Bertz CT molecular complexity index is 79.1. The lowest BCUT2D eigenvalue weighted by molar-refractivity contribution is 0.402. The van der Waals surface area contributed by atoms with E-state index in [-0.39, 0.29) is 6.17 Å². The second-order valence-corrected chi connectivity index (χ2v) is 3.75. The fourth-order valence-electron chi connectivity index (χ4n) is 1.10. The fourth-order valence-corrected chi connectivity index (χ4v) is 2.24. The molecule has 0 unspecified atom stereocenters. The molecule has 0 aliphatic carbocycles. The molecular weight excluding hydrogens is 132 g/mol. The van der Waals surface area contributed by atoms with Gasteiger partial charge < -0.3 is 11.5 Å². The van der Waals surface area contributed by atoms with Crippen LogP contribution in [0.25, 0.3) is 0 Å². The maximum absolute atomic E-state index is 5.54. The van der Waals surface area contributed by atoms with Gasteiger partial charge in [0.1, 0.15) is 0 Å². The number of hydrogen-bond acceptors (Lipinski definition) is 3. The van der Waals surface area contributed by atoms with Crippen LogP contribution in [0.4, 0.5) is 0 Å². The zero-order chi connectivity index (χ0) is 6.69. The molecule has 0 atom stereocenters. The second-order valence-electron chi connectivity index (χ2n) is 2.53. The summed E-state index contributed by atoms with van der Waals surface area (Å²) in [5.41, 5.74) is 11.1. The van der Waals surface area contributed by atoms with Gasteiger partial charge in [0.2, 0.25) is 0 Å². The average molecular weight is 146 g/mol. The summed E-state index contributed by atoms with van der Waals surface area (Å²) in [7, 11) is 0. The molecule has 1 rings (SSSR count). The summed E-state index contributed by atoms with van der Waals surface area (Å²) in [5.74, 6) is 3.08. The van der Waals surface area contributed by atoms with Crippen LogP contribution in [-0.2, 0) is 0 Å². The number of hydrogen-bond donors (Lipinski definition) is 2. The van der Waals surface area contributed by atoms with Crippen LogP contribution >= 0.6 is 11.8 Å². The van der Waals surface area contributed by atoms with E-state index in [1.165, 1.54) is 24.3 Å². The van der Waals surface area contributed by atoms with Crippen molar-refractivity contribution in [3.8, 4) is 0 Å². The van der Waals surface area contributed by atoms with Gasteiger partial charge in [-0.25, -0.2) is 0 Å². The van der Waals surface area contributed by atoms with Crippen molar-refractivity contribution in [3.63, 3.8) is 0 Å². The molecule has 0 aromatic rings. The average Bonchev–Trinajstić information content (AvgIpc) is 1.90.